The Hall–Kier alpha value is -4.66. The van der Waals surface area contributed by atoms with Gasteiger partial charge in [0.2, 0.25) is 0 Å². The monoisotopic (exact) mass is 422 g/mol. The van der Waals surface area contributed by atoms with E-state index in [-0.39, 0.29) is 0 Å². The van der Waals surface area contributed by atoms with Crippen molar-refractivity contribution < 1.29 is 19.2 Å². The molecule has 8 nitrogen and oxygen atoms in total. The maximum absolute atomic E-state index is 10.2. The molecule has 1 aromatic rings. The first-order chi connectivity index (χ1) is 14.6. The summed E-state index contributed by atoms with van der Waals surface area (Å²) in [4.78, 5) is 39.2. The molecule has 0 bridgehead atoms. The number of rotatable bonds is 2. The number of terminal acetylenes is 1. The van der Waals surface area contributed by atoms with Crippen molar-refractivity contribution in [2.45, 2.75) is 33.1 Å². The minimum atomic E-state index is -0.718. The zero-order chi connectivity index (χ0) is 24.5. The van der Waals surface area contributed by atoms with Crippen LogP contribution in [0.1, 0.15) is 38.7 Å². The Balaban J connectivity index is -0.000000355. The second-order valence-corrected chi connectivity index (χ2v) is 5.00. The van der Waals surface area contributed by atoms with E-state index in [0.29, 0.717) is 0 Å². The van der Waals surface area contributed by atoms with Crippen LogP contribution in [0.5, 0.6) is 0 Å². The Morgan fingerprint density at radius 3 is 1.65 bits per heavy atom. The molecule has 0 radical (unpaired) electrons. The summed E-state index contributed by atoms with van der Waals surface area (Å²) in [5.74, 6) is 13.5. The van der Waals surface area contributed by atoms with E-state index < -0.39 is 23.6 Å². The molecule has 0 aliphatic rings. The van der Waals surface area contributed by atoms with Crippen LogP contribution in [0.25, 0.3) is 0 Å². The molecule has 31 heavy (non-hydrogen) atoms. The van der Waals surface area contributed by atoms with Gasteiger partial charge in [-0.15, -0.1) is 6.42 Å². The molecule has 0 fully saturated rings. The highest BCUT2D eigenvalue weighted by molar-refractivity contribution is 5.93. The lowest BCUT2D eigenvalue weighted by Crippen LogP contribution is -2.06. The second-order valence-electron chi connectivity index (χ2n) is 5.00. The predicted octanol–water partition coefficient (Wildman–Crippen LogP) is -0.211. The third-order valence-electron chi connectivity index (χ3n) is 2.36. The number of primary amides is 4. The lowest BCUT2D eigenvalue weighted by molar-refractivity contribution is -0.113. The highest BCUT2D eigenvalue weighted by Gasteiger charge is 1.83. The van der Waals surface area contributed by atoms with E-state index in [1.54, 1.807) is 12.8 Å². The summed E-state index contributed by atoms with van der Waals surface area (Å²) in [5, 5.41) is 0. The van der Waals surface area contributed by atoms with Crippen molar-refractivity contribution in [1.29, 1.82) is 0 Å². The van der Waals surface area contributed by atoms with Gasteiger partial charge in [-0.25, -0.2) is 0 Å². The van der Waals surface area contributed by atoms with Crippen LogP contribution in [0.15, 0.2) is 30.3 Å². The quantitative estimate of drug-likeness (QED) is 0.382. The summed E-state index contributed by atoms with van der Waals surface area (Å²) in [6, 6.07) is 9.22. The molecule has 1 rings (SSSR count). The normalized spacial score (nSPS) is 7.00. The fraction of sp³-hybridized carbons (Fsp3) is 0.217. The van der Waals surface area contributed by atoms with Gasteiger partial charge in [-0.05, 0) is 49.2 Å². The largest absolute Gasteiger partial charge is 0.359 e. The molecule has 0 unspecified atom stereocenters. The van der Waals surface area contributed by atoms with Gasteiger partial charge in [0, 0.05) is 12.0 Å². The van der Waals surface area contributed by atoms with Crippen LogP contribution in [0.3, 0.4) is 0 Å². The molecular weight excluding hydrogens is 396 g/mol. The van der Waals surface area contributed by atoms with Crippen LogP contribution in [0.4, 0.5) is 0 Å². The maximum Gasteiger partial charge on any atom is 0.293 e. The van der Waals surface area contributed by atoms with E-state index in [1.807, 2.05) is 30.3 Å². The lowest BCUT2D eigenvalue weighted by Gasteiger charge is -1.84. The Morgan fingerprint density at radius 2 is 1.32 bits per heavy atom. The van der Waals surface area contributed by atoms with Crippen LogP contribution in [0, 0.1) is 47.9 Å². The van der Waals surface area contributed by atoms with Crippen LogP contribution in [-0.2, 0) is 19.2 Å². The van der Waals surface area contributed by atoms with Gasteiger partial charge >= 0.3 is 0 Å². The van der Waals surface area contributed by atoms with Gasteiger partial charge in [0.15, 0.2) is 0 Å². The third-order valence-corrected chi connectivity index (χ3v) is 2.36. The molecule has 0 saturated heterocycles. The fourth-order valence-corrected chi connectivity index (χ4v) is 1.19. The van der Waals surface area contributed by atoms with E-state index in [1.165, 1.54) is 0 Å². The van der Waals surface area contributed by atoms with Gasteiger partial charge in [0.1, 0.15) is 0 Å². The van der Waals surface area contributed by atoms with Crippen molar-refractivity contribution in [1.82, 2.24) is 0 Å². The molecule has 8 N–H and O–H groups in total. The summed E-state index contributed by atoms with van der Waals surface area (Å²) in [6.07, 6.45) is 7.37. The minimum Gasteiger partial charge on any atom is -0.359 e. The van der Waals surface area contributed by atoms with Crippen LogP contribution in [0.2, 0.25) is 0 Å². The number of unbranched alkanes of at least 4 members (excludes halogenated alkanes) is 2. The number of carbonyl (C=O) groups is 4. The van der Waals surface area contributed by atoms with Crippen molar-refractivity contribution in [2.75, 3.05) is 0 Å². The van der Waals surface area contributed by atoms with Gasteiger partial charge in [0.25, 0.3) is 23.6 Å². The minimum absolute atomic E-state index is 0.536. The molecule has 1 aromatic carbocycles. The van der Waals surface area contributed by atoms with Crippen LogP contribution < -0.4 is 22.9 Å². The molecule has 0 aromatic heterocycles. The average molecular weight is 422 g/mol. The Kier molecular flexibility index (Phi) is 23.4. The summed E-state index contributed by atoms with van der Waals surface area (Å²) in [7, 11) is 0. The first kappa shape index (κ1) is 31.0. The smallest absolute Gasteiger partial charge is 0.293 e. The molecule has 0 aliphatic heterocycles. The first-order valence-corrected chi connectivity index (χ1v) is 8.73. The predicted molar refractivity (Wildman–Crippen MR) is 120 cm³/mol. The van der Waals surface area contributed by atoms with Gasteiger partial charge in [-0.1, -0.05) is 49.3 Å². The molecule has 4 amide bonds. The molecule has 0 heterocycles. The highest BCUT2D eigenvalue weighted by Crippen LogP contribution is 1.94. The van der Waals surface area contributed by atoms with E-state index in [2.05, 4.69) is 60.3 Å². The number of nitrogens with two attached hydrogens (primary N) is 4. The number of hydrogen-bond acceptors (Lipinski definition) is 4. The topological polar surface area (TPSA) is 172 Å². The first-order valence-electron chi connectivity index (χ1n) is 8.73. The van der Waals surface area contributed by atoms with E-state index in [0.717, 1.165) is 24.8 Å². The standard InChI is InChI=1S/C9H7NO.C7H11NO.C4H5NO.C3H3NO/c10-9(11)7-6-8-4-2-1-3-5-8;1-2-3-4-5-6-7(8)9;1-2-3-4(5)6;1-2-3(4)5/h1-5H,(H2,10,11);2-4H2,1H3,(H2,8,9);1H3,(H2,5,6);1H,(H2,4,5). The van der Waals surface area contributed by atoms with Crippen molar-refractivity contribution in [3.8, 4) is 47.9 Å². The lowest BCUT2D eigenvalue weighted by atomic mass is 10.2. The fourth-order valence-electron chi connectivity index (χ4n) is 1.19. The summed E-state index contributed by atoms with van der Waals surface area (Å²) < 4.78 is 0. The molecule has 0 spiro atoms. The highest BCUT2D eigenvalue weighted by atomic mass is 16.2. The maximum atomic E-state index is 10.2. The van der Waals surface area contributed by atoms with Crippen LogP contribution >= 0.6 is 0 Å². The summed E-state index contributed by atoms with van der Waals surface area (Å²) in [6.45, 7) is 3.64. The molecule has 0 aliphatic carbocycles. The van der Waals surface area contributed by atoms with E-state index in [4.69, 9.17) is 11.5 Å². The second kappa shape index (κ2) is 23.4. The summed E-state index contributed by atoms with van der Waals surface area (Å²) >= 11 is 0. The van der Waals surface area contributed by atoms with Crippen molar-refractivity contribution in [2.24, 2.45) is 22.9 Å². The van der Waals surface area contributed by atoms with Gasteiger partial charge < -0.3 is 22.9 Å². The number of benzene rings is 1. The molecule has 0 atom stereocenters. The van der Waals surface area contributed by atoms with Crippen molar-refractivity contribution in [3.63, 3.8) is 0 Å². The molecular formula is C23H26N4O4. The number of carbonyl (C=O) groups excluding carboxylic acids is 4. The Morgan fingerprint density at radius 1 is 0.839 bits per heavy atom. The molecule has 0 saturated carbocycles. The number of hydrogen-bond donors (Lipinski definition) is 4. The Labute approximate surface area is 183 Å². The zero-order valence-corrected chi connectivity index (χ0v) is 17.5. The van der Waals surface area contributed by atoms with Gasteiger partial charge in [0.05, 0.1) is 0 Å². The summed E-state index contributed by atoms with van der Waals surface area (Å²) in [5.41, 5.74) is 19.4. The van der Waals surface area contributed by atoms with Crippen LogP contribution in [-0.4, -0.2) is 23.6 Å². The van der Waals surface area contributed by atoms with Crippen molar-refractivity contribution in [3.05, 3.63) is 35.9 Å². The zero-order valence-electron chi connectivity index (χ0n) is 17.5. The number of amides is 4. The average Bonchev–Trinajstić information content (AvgIpc) is 2.71. The molecule has 8 heteroatoms. The van der Waals surface area contributed by atoms with E-state index in [9.17, 15) is 19.2 Å². The Bertz CT molecular complexity index is 929. The van der Waals surface area contributed by atoms with E-state index >= 15 is 0 Å². The molecule has 162 valence electrons. The van der Waals surface area contributed by atoms with Gasteiger partial charge in [-0.3, -0.25) is 19.2 Å². The third kappa shape index (κ3) is 36.9. The van der Waals surface area contributed by atoms with Crippen molar-refractivity contribution >= 4 is 23.6 Å². The van der Waals surface area contributed by atoms with Gasteiger partial charge in [-0.2, -0.15) is 0 Å². The SMILES string of the molecule is C#CC(N)=O.CC#CC(N)=O.CCCCC#CC(N)=O.NC(=O)C#Cc1ccccc1.